The first-order valence-electron chi connectivity index (χ1n) is 6.84. The van der Waals surface area contributed by atoms with Crippen LogP contribution in [0.1, 0.15) is 15.9 Å². The lowest BCUT2D eigenvalue weighted by molar-refractivity contribution is -0.385. The topological polar surface area (TPSA) is 84.7 Å². The Labute approximate surface area is 123 Å². The molecule has 1 fully saturated rings. The number of para-hydroxylation sites is 1. The molecule has 1 heterocycles. The van der Waals surface area contributed by atoms with E-state index in [1.165, 1.54) is 6.07 Å². The van der Waals surface area contributed by atoms with E-state index in [-0.39, 0.29) is 23.3 Å². The molecule has 7 nitrogen and oxygen atoms in total. The van der Waals surface area contributed by atoms with Crippen molar-refractivity contribution < 1.29 is 14.5 Å². The SMILES string of the molecule is CNCC1CN(C(=O)c2cccc(C)c2[N+](=O)[O-])CCO1. The first kappa shape index (κ1) is 15.4. The monoisotopic (exact) mass is 293 g/mol. The number of rotatable bonds is 4. The number of nitrogens with zero attached hydrogens (tertiary/aromatic N) is 2. The van der Waals surface area contributed by atoms with Gasteiger partial charge in [-0.25, -0.2) is 0 Å². The summed E-state index contributed by atoms with van der Waals surface area (Å²) in [7, 11) is 1.82. The third-order valence-electron chi connectivity index (χ3n) is 3.51. The number of nitro benzene ring substituents is 1. The van der Waals surface area contributed by atoms with Gasteiger partial charge < -0.3 is 15.0 Å². The van der Waals surface area contributed by atoms with Crippen LogP contribution in [0, 0.1) is 17.0 Å². The number of amides is 1. The summed E-state index contributed by atoms with van der Waals surface area (Å²) in [5.41, 5.74) is 0.523. The molecule has 2 rings (SSSR count). The van der Waals surface area contributed by atoms with E-state index in [2.05, 4.69) is 5.32 Å². The summed E-state index contributed by atoms with van der Waals surface area (Å²) in [4.78, 5) is 24.9. The second-order valence-electron chi connectivity index (χ2n) is 5.03. The van der Waals surface area contributed by atoms with Crippen molar-refractivity contribution in [2.24, 2.45) is 0 Å². The number of aryl methyl sites for hydroxylation is 1. The molecule has 1 N–H and O–H groups in total. The molecule has 0 aliphatic carbocycles. The van der Waals surface area contributed by atoms with Crippen LogP contribution >= 0.6 is 0 Å². The zero-order chi connectivity index (χ0) is 15.4. The van der Waals surface area contributed by atoms with Crippen LogP contribution in [0.4, 0.5) is 5.69 Å². The Kier molecular flexibility index (Phi) is 4.87. The van der Waals surface area contributed by atoms with E-state index in [0.29, 0.717) is 31.8 Å². The van der Waals surface area contributed by atoms with Crippen LogP contribution in [-0.4, -0.2) is 55.1 Å². The maximum atomic E-state index is 12.6. The first-order valence-corrected chi connectivity index (χ1v) is 6.84. The van der Waals surface area contributed by atoms with Gasteiger partial charge >= 0.3 is 0 Å². The standard InChI is InChI=1S/C14H19N3O4/c1-10-4-3-5-12(13(10)17(19)20)14(18)16-6-7-21-11(9-16)8-15-2/h3-5,11,15H,6-9H2,1-2H3. The molecule has 1 aromatic carbocycles. The van der Waals surface area contributed by atoms with Crippen LogP contribution in [0.5, 0.6) is 0 Å². The van der Waals surface area contributed by atoms with Crippen molar-refractivity contribution in [2.45, 2.75) is 13.0 Å². The second-order valence-corrected chi connectivity index (χ2v) is 5.03. The van der Waals surface area contributed by atoms with Crippen molar-refractivity contribution in [3.05, 3.63) is 39.4 Å². The molecule has 1 aliphatic heterocycles. The molecule has 1 aromatic rings. The summed E-state index contributed by atoms with van der Waals surface area (Å²) in [5, 5.41) is 14.2. The van der Waals surface area contributed by atoms with E-state index in [4.69, 9.17) is 4.74 Å². The molecular formula is C14H19N3O4. The quantitative estimate of drug-likeness (QED) is 0.660. The third kappa shape index (κ3) is 3.37. The van der Waals surface area contributed by atoms with Gasteiger partial charge in [0.05, 0.1) is 17.6 Å². The molecule has 1 amide bonds. The highest BCUT2D eigenvalue weighted by Crippen LogP contribution is 2.25. The predicted octanol–water partition coefficient (Wildman–Crippen LogP) is 0.964. The van der Waals surface area contributed by atoms with Gasteiger partial charge in [0.2, 0.25) is 0 Å². The lowest BCUT2D eigenvalue weighted by atomic mass is 10.1. The number of hydrogen-bond donors (Lipinski definition) is 1. The summed E-state index contributed by atoms with van der Waals surface area (Å²) in [5.74, 6) is -0.310. The van der Waals surface area contributed by atoms with Crippen molar-refractivity contribution in [2.75, 3.05) is 33.3 Å². The van der Waals surface area contributed by atoms with Crippen molar-refractivity contribution >= 4 is 11.6 Å². The number of benzene rings is 1. The van der Waals surface area contributed by atoms with E-state index in [1.54, 1.807) is 24.0 Å². The first-order chi connectivity index (χ1) is 10.0. The van der Waals surface area contributed by atoms with Gasteiger partial charge in [0.15, 0.2) is 0 Å². The minimum atomic E-state index is -0.492. The number of morpholine rings is 1. The number of carbonyl (C=O) groups is 1. The lowest BCUT2D eigenvalue weighted by Gasteiger charge is -2.32. The summed E-state index contributed by atoms with van der Waals surface area (Å²) < 4.78 is 5.55. The van der Waals surface area contributed by atoms with Gasteiger partial charge in [0, 0.05) is 25.2 Å². The van der Waals surface area contributed by atoms with Gasteiger partial charge in [-0.1, -0.05) is 12.1 Å². The van der Waals surface area contributed by atoms with Gasteiger partial charge in [-0.3, -0.25) is 14.9 Å². The highest BCUT2D eigenvalue weighted by molar-refractivity contribution is 5.98. The van der Waals surface area contributed by atoms with E-state index >= 15 is 0 Å². The van der Waals surface area contributed by atoms with Crippen LogP contribution in [0.2, 0.25) is 0 Å². The average Bonchev–Trinajstić information content (AvgIpc) is 2.46. The number of carbonyl (C=O) groups excluding carboxylic acids is 1. The van der Waals surface area contributed by atoms with Crippen LogP contribution in [0.3, 0.4) is 0 Å². The Balaban J connectivity index is 2.24. The summed E-state index contributed by atoms with van der Waals surface area (Å²) in [6, 6.07) is 4.81. The van der Waals surface area contributed by atoms with Gasteiger partial charge in [-0.05, 0) is 20.0 Å². The molecule has 21 heavy (non-hydrogen) atoms. The van der Waals surface area contributed by atoms with Gasteiger partial charge in [0.1, 0.15) is 5.56 Å². The maximum absolute atomic E-state index is 12.6. The number of nitrogens with one attached hydrogen (secondary N) is 1. The Hall–Kier alpha value is -1.99. The van der Waals surface area contributed by atoms with Gasteiger partial charge in [-0.15, -0.1) is 0 Å². The molecule has 1 unspecified atom stereocenters. The normalized spacial score (nSPS) is 18.6. The van der Waals surface area contributed by atoms with E-state index in [9.17, 15) is 14.9 Å². The molecule has 1 atom stereocenters. The van der Waals surface area contributed by atoms with Gasteiger partial charge in [-0.2, -0.15) is 0 Å². The Morgan fingerprint density at radius 3 is 3.00 bits per heavy atom. The lowest BCUT2D eigenvalue weighted by Crippen LogP contribution is -2.48. The molecule has 0 radical (unpaired) electrons. The number of ether oxygens (including phenoxy) is 1. The fourth-order valence-corrected chi connectivity index (χ4v) is 2.50. The summed E-state index contributed by atoms with van der Waals surface area (Å²) in [6.45, 7) is 3.60. The van der Waals surface area contributed by atoms with Crippen LogP contribution in [0.25, 0.3) is 0 Å². The molecule has 0 spiro atoms. The Morgan fingerprint density at radius 2 is 2.33 bits per heavy atom. The number of nitro groups is 1. The zero-order valence-corrected chi connectivity index (χ0v) is 12.2. The van der Waals surface area contributed by atoms with E-state index < -0.39 is 4.92 Å². The Morgan fingerprint density at radius 1 is 1.57 bits per heavy atom. The fourth-order valence-electron chi connectivity index (χ4n) is 2.50. The van der Waals surface area contributed by atoms with Crippen molar-refractivity contribution in [1.29, 1.82) is 0 Å². The summed E-state index contributed by atoms with van der Waals surface area (Å²) in [6.07, 6.45) is -0.0865. The van der Waals surface area contributed by atoms with Gasteiger partial charge in [0.25, 0.3) is 11.6 Å². The molecular weight excluding hydrogens is 274 g/mol. The van der Waals surface area contributed by atoms with E-state index in [0.717, 1.165) is 0 Å². The number of likely N-dealkylation sites (N-methyl/N-ethyl adjacent to an activating group) is 1. The predicted molar refractivity (Wildman–Crippen MR) is 77.4 cm³/mol. The van der Waals surface area contributed by atoms with Crippen LogP contribution < -0.4 is 5.32 Å². The maximum Gasteiger partial charge on any atom is 0.285 e. The summed E-state index contributed by atoms with van der Waals surface area (Å²) >= 11 is 0. The van der Waals surface area contributed by atoms with Crippen molar-refractivity contribution in [3.8, 4) is 0 Å². The zero-order valence-electron chi connectivity index (χ0n) is 12.2. The molecule has 0 aromatic heterocycles. The van der Waals surface area contributed by atoms with Crippen molar-refractivity contribution in [3.63, 3.8) is 0 Å². The highest BCUT2D eigenvalue weighted by Gasteiger charge is 2.29. The molecule has 7 heteroatoms. The highest BCUT2D eigenvalue weighted by atomic mass is 16.6. The van der Waals surface area contributed by atoms with E-state index in [1.807, 2.05) is 7.05 Å². The Bertz CT molecular complexity index is 545. The van der Waals surface area contributed by atoms with Crippen LogP contribution in [-0.2, 0) is 4.74 Å². The molecule has 0 bridgehead atoms. The largest absolute Gasteiger partial charge is 0.373 e. The van der Waals surface area contributed by atoms with Crippen LogP contribution in [0.15, 0.2) is 18.2 Å². The number of hydrogen-bond acceptors (Lipinski definition) is 5. The fraction of sp³-hybridized carbons (Fsp3) is 0.500. The average molecular weight is 293 g/mol. The van der Waals surface area contributed by atoms with Crippen molar-refractivity contribution in [1.82, 2.24) is 10.2 Å². The third-order valence-corrected chi connectivity index (χ3v) is 3.51. The molecule has 1 saturated heterocycles. The molecule has 0 saturated carbocycles. The minimum Gasteiger partial charge on any atom is -0.373 e. The smallest absolute Gasteiger partial charge is 0.285 e. The minimum absolute atomic E-state index is 0.0865. The second kappa shape index (κ2) is 6.64. The molecule has 114 valence electrons. The molecule has 1 aliphatic rings.